The predicted octanol–water partition coefficient (Wildman–Crippen LogP) is 3.45. The van der Waals surface area contributed by atoms with E-state index in [1.165, 1.54) is 6.07 Å². The summed E-state index contributed by atoms with van der Waals surface area (Å²) < 4.78 is 50.4. The summed E-state index contributed by atoms with van der Waals surface area (Å²) in [6, 6.07) is 5.30. The lowest BCUT2D eigenvalue weighted by molar-refractivity contribution is -0.137. The van der Waals surface area contributed by atoms with Gasteiger partial charge in [0.2, 0.25) is 0 Å². The van der Waals surface area contributed by atoms with E-state index in [0.717, 1.165) is 25.0 Å². The first kappa shape index (κ1) is 26.1. The van der Waals surface area contributed by atoms with E-state index in [0.29, 0.717) is 57.5 Å². The second-order valence-corrected chi connectivity index (χ2v) is 7.87. The summed E-state index contributed by atoms with van der Waals surface area (Å²) in [6.45, 7) is 5.78. The van der Waals surface area contributed by atoms with Crippen molar-refractivity contribution in [3.05, 3.63) is 35.4 Å². The van der Waals surface area contributed by atoms with Crippen LogP contribution in [0.1, 0.15) is 37.0 Å². The second-order valence-electron chi connectivity index (χ2n) is 7.87. The molecule has 2 saturated heterocycles. The van der Waals surface area contributed by atoms with Gasteiger partial charge in [0.1, 0.15) is 6.10 Å². The Labute approximate surface area is 198 Å². The molecule has 2 aliphatic heterocycles. The van der Waals surface area contributed by atoms with Crippen LogP contribution in [-0.2, 0) is 15.7 Å². The van der Waals surface area contributed by atoms with Gasteiger partial charge in [0.25, 0.3) is 0 Å². The molecular formula is C21H31F3IN3O3. The van der Waals surface area contributed by atoms with Crippen LogP contribution in [0.15, 0.2) is 29.3 Å². The number of halogens is 4. The number of rotatable bonds is 5. The van der Waals surface area contributed by atoms with E-state index in [1.807, 2.05) is 11.8 Å². The number of benzene rings is 1. The number of nitrogens with zero attached hydrogens (tertiary/aromatic N) is 2. The van der Waals surface area contributed by atoms with Gasteiger partial charge in [-0.1, -0.05) is 12.1 Å². The van der Waals surface area contributed by atoms with Crippen molar-refractivity contribution in [2.24, 2.45) is 10.4 Å². The van der Waals surface area contributed by atoms with E-state index in [9.17, 15) is 18.3 Å². The van der Waals surface area contributed by atoms with Gasteiger partial charge >= 0.3 is 6.18 Å². The molecule has 31 heavy (non-hydrogen) atoms. The first-order valence-corrected chi connectivity index (χ1v) is 10.4. The summed E-state index contributed by atoms with van der Waals surface area (Å²) in [7, 11) is 0. The van der Waals surface area contributed by atoms with Crippen molar-refractivity contribution in [2.75, 3.05) is 52.6 Å². The molecule has 176 valence electrons. The smallest absolute Gasteiger partial charge is 0.396 e. The third kappa shape index (κ3) is 6.93. The van der Waals surface area contributed by atoms with E-state index in [2.05, 4.69) is 5.32 Å². The molecule has 2 heterocycles. The van der Waals surface area contributed by atoms with Gasteiger partial charge in [0.15, 0.2) is 5.96 Å². The lowest BCUT2D eigenvalue weighted by Crippen LogP contribution is -2.49. The van der Waals surface area contributed by atoms with Gasteiger partial charge in [0.05, 0.1) is 31.9 Å². The van der Waals surface area contributed by atoms with E-state index in [4.69, 9.17) is 14.5 Å². The highest BCUT2D eigenvalue weighted by Gasteiger charge is 2.34. The number of hydrogen-bond donors (Lipinski definition) is 2. The molecule has 2 fully saturated rings. The summed E-state index contributed by atoms with van der Waals surface area (Å²) in [6.07, 6.45) is -3.35. The lowest BCUT2D eigenvalue weighted by Gasteiger charge is -2.37. The van der Waals surface area contributed by atoms with Crippen LogP contribution in [0.3, 0.4) is 0 Å². The van der Waals surface area contributed by atoms with Gasteiger partial charge in [-0.3, -0.25) is 4.99 Å². The quantitative estimate of drug-likeness (QED) is 0.330. The zero-order valence-corrected chi connectivity index (χ0v) is 20.0. The Morgan fingerprint density at radius 1 is 1.29 bits per heavy atom. The molecule has 1 aromatic carbocycles. The number of aliphatic hydroxyl groups excluding tert-OH is 1. The Hall–Kier alpha value is -1.11. The molecule has 3 rings (SSSR count). The van der Waals surface area contributed by atoms with Crippen LogP contribution in [0.4, 0.5) is 13.2 Å². The average Bonchev–Trinajstić information content (AvgIpc) is 2.77. The van der Waals surface area contributed by atoms with Crippen molar-refractivity contribution in [3.63, 3.8) is 0 Å². The minimum absolute atomic E-state index is 0. The molecule has 10 heteroatoms. The Morgan fingerprint density at radius 2 is 2.03 bits per heavy atom. The van der Waals surface area contributed by atoms with Crippen molar-refractivity contribution >= 4 is 29.9 Å². The van der Waals surface area contributed by atoms with Gasteiger partial charge in [-0.05, 0) is 37.5 Å². The maximum Gasteiger partial charge on any atom is 0.416 e. The van der Waals surface area contributed by atoms with Crippen LogP contribution in [0.2, 0.25) is 0 Å². The predicted molar refractivity (Wildman–Crippen MR) is 123 cm³/mol. The second kappa shape index (κ2) is 11.7. The summed E-state index contributed by atoms with van der Waals surface area (Å²) in [5.74, 6) is 0.692. The molecule has 0 aromatic heterocycles. The molecule has 6 nitrogen and oxygen atoms in total. The Kier molecular flexibility index (Phi) is 9.84. The summed E-state index contributed by atoms with van der Waals surface area (Å²) in [5, 5.41) is 13.2. The number of aliphatic hydroxyl groups is 1. The number of aliphatic imine (C=N–C) groups is 1. The number of ether oxygens (including phenoxy) is 2. The van der Waals surface area contributed by atoms with Crippen molar-refractivity contribution in [2.45, 2.75) is 32.0 Å². The Balaban J connectivity index is 0.00000341. The molecule has 1 aromatic rings. The molecule has 0 amide bonds. The van der Waals surface area contributed by atoms with Crippen LogP contribution < -0.4 is 5.32 Å². The van der Waals surface area contributed by atoms with Crippen molar-refractivity contribution < 1.29 is 27.8 Å². The largest absolute Gasteiger partial charge is 0.416 e. The molecule has 1 atom stereocenters. The molecule has 1 unspecified atom stereocenters. The highest BCUT2D eigenvalue weighted by molar-refractivity contribution is 14.0. The third-order valence-corrected chi connectivity index (χ3v) is 5.74. The Morgan fingerprint density at radius 3 is 2.68 bits per heavy atom. The van der Waals surface area contributed by atoms with Gasteiger partial charge in [-0.2, -0.15) is 13.2 Å². The minimum Gasteiger partial charge on any atom is -0.396 e. The number of alkyl halides is 3. The van der Waals surface area contributed by atoms with Gasteiger partial charge < -0.3 is 24.8 Å². The van der Waals surface area contributed by atoms with Crippen molar-refractivity contribution in [1.82, 2.24) is 10.2 Å². The summed E-state index contributed by atoms with van der Waals surface area (Å²) in [4.78, 5) is 6.79. The lowest BCUT2D eigenvalue weighted by atomic mass is 9.81. The van der Waals surface area contributed by atoms with Crippen LogP contribution in [0.5, 0.6) is 0 Å². The van der Waals surface area contributed by atoms with Crippen molar-refractivity contribution in [3.8, 4) is 0 Å². The molecule has 0 radical (unpaired) electrons. The van der Waals surface area contributed by atoms with E-state index in [1.54, 1.807) is 6.07 Å². The number of guanidine groups is 1. The zero-order valence-electron chi connectivity index (χ0n) is 17.7. The highest BCUT2D eigenvalue weighted by atomic mass is 127. The van der Waals surface area contributed by atoms with E-state index >= 15 is 0 Å². The fraction of sp³-hybridized carbons (Fsp3) is 0.667. The topological polar surface area (TPSA) is 66.3 Å². The van der Waals surface area contributed by atoms with Gasteiger partial charge in [-0.25, -0.2) is 0 Å². The fourth-order valence-corrected chi connectivity index (χ4v) is 3.80. The zero-order chi connectivity index (χ0) is 21.6. The van der Waals surface area contributed by atoms with Gasteiger partial charge in [-0.15, -0.1) is 24.0 Å². The van der Waals surface area contributed by atoms with Gasteiger partial charge in [0, 0.05) is 31.7 Å². The van der Waals surface area contributed by atoms with Crippen LogP contribution in [0.25, 0.3) is 0 Å². The monoisotopic (exact) mass is 557 g/mol. The highest BCUT2D eigenvalue weighted by Crippen LogP contribution is 2.33. The van der Waals surface area contributed by atoms with Crippen LogP contribution in [-0.4, -0.2) is 68.6 Å². The first-order valence-electron chi connectivity index (χ1n) is 10.4. The maximum absolute atomic E-state index is 13.1. The van der Waals surface area contributed by atoms with E-state index < -0.39 is 17.8 Å². The van der Waals surface area contributed by atoms with E-state index in [-0.39, 0.29) is 36.0 Å². The number of hydrogen-bond acceptors (Lipinski definition) is 4. The van der Waals surface area contributed by atoms with Crippen molar-refractivity contribution in [1.29, 1.82) is 0 Å². The van der Waals surface area contributed by atoms with Crippen LogP contribution in [0, 0.1) is 5.41 Å². The fourth-order valence-electron chi connectivity index (χ4n) is 3.80. The third-order valence-electron chi connectivity index (χ3n) is 5.74. The molecule has 2 N–H and O–H groups in total. The molecule has 2 aliphatic rings. The average molecular weight is 557 g/mol. The molecule has 0 bridgehead atoms. The maximum atomic E-state index is 13.1. The number of morpholine rings is 1. The van der Waals surface area contributed by atoms with Crippen LogP contribution >= 0.6 is 24.0 Å². The molecular weight excluding hydrogens is 526 g/mol. The molecule has 0 spiro atoms. The standard InChI is InChI=1S/C21H30F3N3O3.HI/c1-2-25-19(26-14-20(15-28)6-9-29-10-7-20)27-8-11-30-18(13-27)16-4-3-5-17(12-16)21(22,23)24;/h3-5,12,18,28H,2,6-11,13-15H2,1H3,(H,25,26);1H. The number of nitrogens with one attached hydrogen (secondary N) is 1. The normalized spacial score (nSPS) is 22.0. The molecule has 0 saturated carbocycles. The Bertz CT molecular complexity index is 727. The summed E-state index contributed by atoms with van der Waals surface area (Å²) >= 11 is 0. The SMILES string of the molecule is CCNC(=NCC1(CO)CCOCC1)N1CCOC(c2cccc(C(F)(F)F)c2)C1.I. The minimum atomic E-state index is -4.39. The summed E-state index contributed by atoms with van der Waals surface area (Å²) in [5.41, 5.74) is -0.460. The molecule has 0 aliphatic carbocycles. The first-order chi connectivity index (χ1) is 14.4.